The average molecular weight is 141 g/mol. The molecule has 0 fully saturated rings. The van der Waals surface area contributed by atoms with Crippen LogP contribution in [0.2, 0.25) is 0 Å². The SMILES string of the molecule is OO.[K+].[O-][Cl+][O-]. The average Bonchev–Trinajstić information content (AvgIpc) is 1.46. The Morgan fingerprint density at radius 2 is 1.17 bits per heavy atom. The summed E-state index contributed by atoms with van der Waals surface area (Å²) >= 11 is -0.417. The Hall–Kier alpha value is 1.77. The van der Waals surface area contributed by atoms with Crippen molar-refractivity contribution in [3.63, 3.8) is 0 Å². The molecule has 0 atom stereocenters. The maximum atomic E-state index is 8.24. The topological polar surface area (TPSA) is 86.6 Å². The smallest absolute Gasteiger partial charge is 0.544 e. The van der Waals surface area contributed by atoms with E-state index in [2.05, 4.69) is 0 Å². The molecule has 6 heteroatoms. The molecule has 2 N–H and O–H groups in total. The van der Waals surface area contributed by atoms with Crippen LogP contribution in [-0.2, 0) is 0 Å². The van der Waals surface area contributed by atoms with E-state index in [0.29, 0.717) is 0 Å². The minimum absolute atomic E-state index is 0. The van der Waals surface area contributed by atoms with Crippen LogP contribution in [0.15, 0.2) is 0 Å². The second kappa shape index (κ2) is 29.4. The third kappa shape index (κ3) is 42.0. The molecule has 4 nitrogen and oxygen atoms in total. The van der Waals surface area contributed by atoms with Crippen molar-refractivity contribution in [2.24, 2.45) is 0 Å². The van der Waals surface area contributed by atoms with Crippen LogP contribution in [-0.4, -0.2) is 10.5 Å². The Morgan fingerprint density at radius 1 is 1.17 bits per heavy atom. The van der Waals surface area contributed by atoms with E-state index in [1.165, 1.54) is 0 Å². The molecule has 0 aliphatic rings. The minimum Gasteiger partial charge on any atom is -0.544 e. The number of halogens is 1. The molecule has 0 unspecified atom stereocenters. The summed E-state index contributed by atoms with van der Waals surface area (Å²) in [5.74, 6) is 0. The Balaban J connectivity index is -0.0000000275. The molecule has 0 saturated heterocycles. The zero-order valence-corrected chi connectivity index (χ0v) is 6.97. The van der Waals surface area contributed by atoms with Gasteiger partial charge in [0, 0.05) is 0 Å². The predicted octanol–water partition coefficient (Wildman–Crippen LogP) is -5.36. The molecular formula is H2ClKO4. The zero-order chi connectivity index (χ0) is 4.71. The zero-order valence-electron chi connectivity index (χ0n) is 3.09. The van der Waals surface area contributed by atoms with Crippen molar-refractivity contribution in [3.8, 4) is 0 Å². The molecule has 0 aromatic carbocycles. The van der Waals surface area contributed by atoms with Gasteiger partial charge in [-0.3, -0.25) is 10.5 Å². The molecular weight excluding hydrogens is 139 g/mol. The van der Waals surface area contributed by atoms with Crippen LogP contribution in [0.25, 0.3) is 0 Å². The van der Waals surface area contributed by atoms with E-state index in [4.69, 9.17) is 19.8 Å². The molecule has 0 aliphatic heterocycles. The van der Waals surface area contributed by atoms with Gasteiger partial charge in [0.1, 0.15) is 0 Å². The van der Waals surface area contributed by atoms with Crippen molar-refractivity contribution in [1.29, 1.82) is 0 Å². The van der Waals surface area contributed by atoms with Gasteiger partial charge in [-0.15, -0.1) is 0 Å². The molecule has 0 rings (SSSR count). The first-order valence-electron chi connectivity index (χ1n) is 0.509. The largest absolute Gasteiger partial charge is 1.00 e. The summed E-state index contributed by atoms with van der Waals surface area (Å²) in [7, 11) is 0. The van der Waals surface area contributed by atoms with Crippen molar-refractivity contribution >= 4 is 0 Å². The van der Waals surface area contributed by atoms with Gasteiger partial charge in [-0.1, -0.05) is 0 Å². The fraction of sp³-hybridized carbons (Fsp3) is 0. The van der Waals surface area contributed by atoms with Gasteiger partial charge in [0.2, 0.25) is 0 Å². The van der Waals surface area contributed by atoms with Gasteiger partial charge in [0.05, 0.1) is 11.3 Å². The van der Waals surface area contributed by atoms with Crippen LogP contribution in [0, 0.1) is 11.3 Å². The van der Waals surface area contributed by atoms with Crippen molar-refractivity contribution in [2.75, 3.05) is 0 Å². The van der Waals surface area contributed by atoms with Crippen LogP contribution in [0.4, 0.5) is 0 Å². The van der Waals surface area contributed by atoms with Gasteiger partial charge in [0.25, 0.3) is 0 Å². The quantitative estimate of drug-likeness (QED) is 0.200. The molecule has 0 heterocycles. The van der Waals surface area contributed by atoms with Gasteiger partial charge in [0.15, 0.2) is 0 Å². The molecule has 0 saturated carbocycles. The normalized spacial score (nSPS) is 4.00. The summed E-state index contributed by atoms with van der Waals surface area (Å²) in [6, 6.07) is 0. The van der Waals surface area contributed by atoms with Gasteiger partial charge >= 0.3 is 51.4 Å². The summed E-state index contributed by atoms with van der Waals surface area (Å²) in [6.45, 7) is 0. The Bertz CT molecular complexity index is 7.51. The monoisotopic (exact) mass is 140 g/mol. The van der Waals surface area contributed by atoms with E-state index in [0.717, 1.165) is 0 Å². The van der Waals surface area contributed by atoms with E-state index in [-0.39, 0.29) is 51.4 Å². The maximum Gasteiger partial charge on any atom is 1.00 e. The maximum absolute atomic E-state index is 8.24. The van der Waals surface area contributed by atoms with E-state index in [1.54, 1.807) is 0 Å². The predicted molar refractivity (Wildman–Crippen MR) is 5.26 cm³/mol. The van der Waals surface area contributed by atoms with Crippen LogP contribution in [0.3, 0.4) is 0 Å². The number of hydrogen-bond acceptors (Lipinski definition) is 4. The third-order valence-corrected chi connectivity index (χ3v) is 0. The fourth-order valence-corrected chi connectivity index (χ4v) is 0. The fourth-order valence-electron chi connectivity index (χ4n) is 0. The van der Waals surface area contributed by atoms with Gasteiger partial charge in [-0.2, -0.15) is 0 Å². The molecule has 6 heavy (non-hydrogen) atoms. The molecule has 0 bridgehead atoms. The van der Waals surface area contributed by atoms with E-state index >= 15 is 0 Å². The van der Waals surface area contributed by atoms with Crippen molar-refractivity contribution in [1.82, 2.24) is 0 Å². The third-order valence-electron chi connectivity index (χ3n) is 0. The van der Waals surface area contributed by atoms with Crippen molar-refractivity contribution < 1.29 is 82.5 Å². The second-order valence-corrected chi connectivity index (χ2v) is 0.189. The van der Waals surface area contributed by atoms with Crippen LogP contribution in [0.5, 0.6) is 0 Å². The van der Waals surface area contributed by atoms with E-state index < -0.39 is 11.3 Å². The van der Waals surface area contributed by atoms with Crippen molar-refractivity contribution in [2.45, 2.75) is 0 Å². The summed E-state index contributed by atoms with van der Waals surface area (Å²) < 4.78 is 16.5. The standard InChI is InChI=1S/ClO2.K.H2O2/c2-1-3;;1-2/h;;1-2H/q-1;+1;. The minimum atomic E-state index is -0.417. The Labute approximate surface area is 81.2 Å². The Morgan fingerprint density at radius 3 is 1.17 bits per heavy atom. The molecule has 34 valence electrons. The second-order valence-electron chi connectivity index (χ2n) is 0.0630. The van der Waals surface area contributed by atoms with Gasteiger partial charge < -0.3 is 9.32 Å². The summed E-state index contributed by atoms with van der Waals surface area (Å²) in [5, 5.41) is 12.0. The summed E-state index contributed by atoms with van der Waals surface area (Å²) in [6.07, 6.45) is 0. The van der Waals surface area contributed by atoms with Crippen LogP contribution >= 0.6 is 0 Å². The van der Waals surface area contributed by atoms with Crippen LogP contribution < -0.4 is 60.7 Å². The number of rotatable bonds is 0. The first-order chi connectivity index (χ1) is 2.41. The molecule has 0 spiro atoms. The molecule has 0 aliphatic carbocycles. The molecule has 0 aromatic heterocycles. The summed E-state index contributed by atoms with van der Waals surface area (Å²) in [4.78, 5) is 0. The van der Waals surface area contributed by atoms with Crippen molar-refractivity contribution in [3.05, 3.63) is 0 Å². The first kappa shape index (κ1) is 15.7. The van der Waals surface area contributed by atoms with Gasteiger partial charge in [-0.25, -0.2) is 0 Å². The van der Waals surface area contributed by atoms with Crippen LogP contribution in [0.1, 0.15) is 0 Å². The molecule has 0 radical (unpaired) electrons. The Kier molecular flexibility index (Phi) is 76.7. The molecule has 0 aromatic rings. The summed E-state index contributed by atoms with van der Waals surface area (Å²) in [5.41, 5.74) is 0. The first-order valence-corrected chi connectivity index (χ1v) is 1.13. The molecule has 0 amide bonds. The van der Waals surface area contributed by atoms with Gasteiger partial charge in [-0.05, 0) is 0 Å². The van der Waals surface area contributed by atoms with E-state index in [1.807, 2.05) is 0 Å². The number of hydrogen-bond donors (Lipinski definition) is 2. The van der Waals surface area contributed by atoms with E-state index in [9.17, 15) is 0 Å².